The summed E-state index contributed by atoms with van der Waals surface area (Å²) in [5.74, 6) is 0. The molecule has 122 valence electrons. The third-order valence-electron chi connectivity index (χ3n) is 3.38. The second-order valence-electron chi connectivity index (χ2n) is 6.34. The molecule has 1 atom stereocenters. The minimum Gasteiger partial charge on any atom is -0.444 e. The molecule has 0 aromatic heterocycles. The molecule has 1 amide bonds. The lowest BCUT2D eigenvalue weighted by Gasteiger charge is -2.24. The number of likely N-dealkylation sites (tertiary alicyclic amines) is 1. The van der Waals surface area contributed by atoms with Crippen LogP contribution in [0.15, 0.2) is 29.2 Å². The largest absolute Gasteiger partial charge is 0.444 e. The number of amides is 1. The standard InChI is InChI=1S/C15H20ClNO4S/c1-15(2,3)21-14(18)17-9-8-13(10-17)22(19,20)12-6-4-11(16)5-7-12/h4-7,13H,8-10H2,1-3H3/t13-/m1/s1. The van der Waals surface area contributed by atoms with Crippen LogP contribution in [0.5, 0.6) is 0 Å². The Balaban J connectivity index is 2.09. The molecule has 7 heteroatoms. The maximum Gasteiger partial charge on any atom is 0.410 e. The van der Waals surface area contributed by atoms with Crippen molar-refractivity contribution in [2.75, 3.05) is 13.1 Å². The second kappa shape index (κ2) is 6.08. The number of halogens is 1. The van der Waals surface area contributed by atoms with Gasteiger partial charge in [0.15, 0.2) is 9.84 Å². The minimum atomic E-state index is -3.47. The molecule has 0 radical (unpaired) electrons. The maximum absolute atomic E-state index is 12.6. The average Bonchev–Trinajstić information content (AvgIpc) is 2.87. The fraction of sp³-hybridized carbons (Fsp3) is 0.533. The molecule has 22 heavy (non-hydrogen) atoms. The first-order valence-electron chi connectivity index (χ1n) is 7.07. The van der Waals surface area contributed by atoms with E-state index >= 15 is 0 Å². The topological polar surface area (TPSA) is 63.7 Å². The summed E-state index contributed by atoms with van der Waals surface area (Å²) in [6.45, 7) is 5.88. The van der Waals surface area contributed by atoms with Gasteiger partial charge in [-0.25, -0.2) is 13.2 Å². The van der Waals surface area contributed by atoms with E-state index in [0.717, 1.165) is 0 Å². The molecule has 0 unspecified atom stereocenters. The van der Waals surface area contributed by atoms with Crippen LogP contribution in [-0.2, 0) is 14.6 Å². The van der Waals surface area contributed by atoms with Gasteiger partial charge in [0.2, 0.25) is 0 Å². The highest BCUT2D eigenvalue weighted by molar-refractivity contribution is 7.92. The molecule has 0 aliphatic carbocycles. The lowest BCUT2D eigenvalue weighted by Crippen LogP contribution is -2.36. The zero-order chi connectivity index (χ0) is 16.5. The van der Waals surface area contributed by atoms with E-state index in [1.165, 1.54) is 17.0 Å². The molecule has 0 bridgehead atoms. The predicted molar refractivity (Wildman–Crippen MR) is 84.8 cm³/mol. The van der Waals surface area contributed by atoms with Gasteiger partial charge in [-0.3, -0.25) is 0 Å². The number of carbonyl (C=O) groups is 1. The SMILES string of the molecule is CC(C)(C)OC(=O)N1CC[C@@H](S(=O)(=O)c2ccc(Cl)cc2)C1. The highest BCUT2D eigenvalue weighted by Gasteiger charge is 2.37. The monoisotopic (exact) mass is 345 g/mol. The molecule has 1 aromatic rings. The fourth-order valence-corrected chi connectivity index (χ4v) is 4.11. The Morgan fingerprint density at radius 1 is 1.27 bits per heavy atom. The maximum atomic E-state index is 12.6. The molecule has 2 rings (SSSR count). The molecule has 1 aliphatic heterocycles. The van der Waals surface area contributed by atoms with Crippen molar-refractivity contribution in [1.82, 2.24) is 4.90 Å². The van der Waals surface area contributed by atoms with Crippen LogP contribution < -0.4 is 0 Å². The van der Waals surface area contributed by atoms with Crippen molar-refractivity contribution in [2.24, 2.45) is 0 Å². The van der Waals surface area contributed by atoms with Gasteiger partial charge in [0, 0.05) is 18.1 Å². The Labute approximate surface area is 136 Å². The summed E-state index contributed by atoms with van der Waals surface area (Å²) in [5.41, 5.74) is -0.593. The van der Waals surface area contributed by atoms with Gasteiger partial charge in [-0.1, -0.05) is 11.6 Å². The van der Waals surface area contributed by atoms with Gasteiger partial charge in [-0.2, -0.15) is 0 Å². The highest BCUT2D eigenvalue weighted by atomic mass is 35.5. The summed E-state index contributed by atoms with van der Waals surface area (Å²) < 4.78 is 30.4. The second-order valence-corrected chi connectivity index (χ2v) is 9.00. The van der Waals surface area contributed by atoms with E-state index in [9.17, 15) is 13.2 Å². The van der Waals surface area contributed by atoms with Crippen molar-refractivity contribution < 1.29 is 17.9 Å². The van der Waals surface area contributed by atoms with Crippen molar-refractivity contribution in [1.29, 1.82) is 0 Å². The molecule has 1 aromatic carbocycles. The number of nitrogens with zero attached hydrogens (tertiary/aromatic N) is 1. The average molecular weight is 346 g/mol. The van der Waals surface area contributed by atoms with Crippen LogP contribution in [0.2, 0.25) is 5.02 Å². The number of hydrogen-bond donors (Lipinski definition) is 0. The summed E-state index contributed by atoms with van der Waals surface area (Å²) in [4.78, 5) is 13.7. The minimum absolute atomic E-state index is 0.153. The molecule has 1 aliphatic rings. The molecule has 0 N–H and O–H groups in total. The van der Waals surface area contributed by atoms with Crippen LogP contribution in [0, 0.1) is 0 Å². The van der Waals surface area contributed by atoms with Gasteiger partial charge in [0.25, 0.3) is 0 Å². The molecular weight excluding hydrogens is 326 g/mol. The lowest BCUT2D eigenvalue weighted by atomic mass is 10.2. The molecule has 1 saturated heterocycles. The van der Waals surface area contributed by atoms with Crippen LogP contribution in [0.1, 0.15) is 27.2 Å². The number of sulfone groups is 1. The molecule has 0 saturated carbocycles. The first-order valence-corrected chi connectivity index (χ1v) is 8.99. The number of ether oxygens (including phenoxy) is 1. The van der Waals surface area contributed by atoms with E-state index in [1.807, 2.05) is 0 Å². The molecule has 1 fully saturated rings. The van der Waals surface area contributed by atoms with Crippen molar-refractivity contribution in [2.45, 2.75) is 42.9 Å². The van der Waals surface area contributed by atoms with Crippen LogP contribution in [-0.4, -0.2) is 43.4 Å². The van der Waals surface area contributed by atoms with Crippen molar-refractivity contribution in [3.8, 4) is 0 Å². The number of rotatable bonds is 2. The van der Waals surface area contributed by atoms with E-state index in [0.29, 0.717) is 18.0 Å². The summed E-state index contributed by atoms with van der Waals surface area (Å²) >= 11 is 5.78. The van der Waals surface area contributed by atoms with Crippen molar-refractivity contribution in [3.05, 3.63) is 29.3 Å². The van der Waals surface area contributed by atoms with E-state index < -0.39 is 26.8 Å². The van der Waals surface area contributed by atoms with Crippen molar-refractivity contribution >= 4 is 27.5 Å². The van der Waals surface area contributed by atoms with E-state index in [1.54, 1.807) is 32.9 Å². The summed E-state index contributed by atoms with van der Waals surface area (Å²) in [6.07, 6.45) is -0.0641. The fourth-order valence-electron chi connectivity index (χ4n) is 2.29. The lowest BCUT2D eigenvalue weighted by molar-refractivity contribution is 0.0295. The van der Waals surface area contributed by atoms with Crippen LogP contribution >= 0.6 is 11.6 Å². The summed E-state index contributed by atoms with van der Waals surface area (Å²) in [6, 6.07) is 6.09. The third kappa shape index (κ3) is 3.93. The number of carbonyl (C=O) groups excluding carboxylic acids is 1. The Morgan fingerprint density at radius 3 is 2.41 bits per heavy atom. The Hall–Kier alpha value is -1.27. The third-order valence-corrected chi connectivity index (χ3v) is 5.82. The van der Waals surface area contributed by atoms with Gasteiger partial charge < -0.3 is 9.64 Å². The number of hydrogen-bond acceptors (Lipinski definition) is 4. The first-order chi connectivity index (χ1) is 10.1. The van der Waals surface area contributed by atoms with Crippen molar-refractivity contribution in [3.63, 3.8) is 0 Å². The smallest absolute Gasteiger partial charge is 0.410 e. The first kappa shape index (κ1) is 17.1. The zero-order valence-electron chi connectivity index (χ0n) is 12.9. The normalized spacial score (nSPS) is 19.3. The van der Waals surface area contributed by atoms with Gasteiger partial charge >= 0.3 is 6.09 Å². The zero-order valence-corrected chi connectivity index (χ0v) is 14.4. The Bertz CT molecular complexity index is 649. The van der Waals surface area contributed by atoms with E-state index in [-0.39, 0.29) is 11.4 Å². The molecular formula is C15H20ClNO4S. The van der Waals surface area contributed by atoms with Gasteiger partial charge in [-0.15, -0.1) is 0 Å². The van der Waals surface area contributed by atoms with Crippen LogP contribution in [0.3, 0.4) is 0 Å². The van der Waals surface area contributed by atoms with Crippen LogP contribution in [0.4, 0.5) is 4.79 Å². The number of benzene rings is 1. The molecule has 0 spiro atoms. The van der Waals surface area contributed by atoms with E-state index in [4.69, 9.17) is 16.3 Å². The van der Waals surface area contributed by atoms with Gasteiger partial charge in [0.05, 0.1) is 10.1 Å². The Kier molecular flexibility index (Phi) is 4.73. The molecule has 5 nitrogen and oxygen atoms in total. The van der Waals surface area contributed by atoms with Gasteiger partial charge in [0.1, 0.15) is 5.60 Å². The molecule has 1 heterocycles. The Morgan fingerprint density at radius 2 is 1.86 bits per heavy atom. The predicted octanol–water partition coefficient (Wildman–Crippen LogP) is 3.12. The van der Waals surface area contributed by atoms with Crippen LogP contribution in [0.25, 0.3) is 0 Å². The van der Waals surface area contributed by atoms with E-state index in [2.05, 4.69) is 0 Å². The summed E-state index contributed by atoms with van der Waals surface area (Å²) in [7, 11) is -3.47. The van der Waals surface area contributed by atoms with Gasteiger partial charge in [-0.05, 0) is 51.5 Å². The quantitative estimate of drug-likeness (QED) is 0.826. The highest BCUT2D eigenvalue weighted by Crippen LogP contribution is 2.26. The summed E-state index contributed by atoms with van der Waals surface area (Å²) in [5, 5.41) is -0.123.